The number of halogens is 1. The minimum atomic E-state index is 0.320. The summed E-state index contributed by atoms with van der Waals surface area (Å²) in [6, 6.07) is 5.74. The lowest BCUT2D eigenvalue weighted by molar-refractivity contribution is 0.454. The topological polar surface area (TPSA) is 32.3 Å². The van der Waals surface area contributed by atoms with Gasteiger partial charge < -0.3 is 10.4 Å². The highest BCUT2D eigenvalue weighted by atomic mass is 35.5. The zero-order chi connectivity index (χ0) is 11.4. The molecule has 4 heteroatoms. The fourth-order valence-corrected chi connectivity index (χ4v) is 3.15. The average Bonchev–Trinajstić information content (AvgIpc) is 2.32. The Hall–Kier alpha value is -0.380. The fraction of sp³-hybridized carbons (Fsp3) is 0.500. The second-order valence-electron chi connectivity index (χ2n) is 4.07. The van der Waals surface area contributed by atoms with Crippen LogP contribution < -0.4 is 5.32 Å². The third kappa shape index (κ3) is 3.30. The lowest BCUT2D eigenvalue weighted by atomic mass is 10.1. The van der Waals surface area contributed by atoms with Crippen LogP contribution in [0.25, 0.3) is 0 Å². The first-order chi connectivity index (χ1) is 7.75. The molecule has 0 bridgehead atoms. The van der Waals surface area contributed by atoms with Crippen molar-refractivity contribution in [3.8, 4) is 5.75 Å². The molecular weight excluding hydrogens is 242 g/mol. The molecule has 2 rings (SSSR count). The maximum atomic E-state index is 9.66. The van der Waals surface area contributed by atoms with Gasteiger partial charge in [0.2, 0.25) is 0 Å². The first-order valence-corrected chi connectivity index (χ1v) is 7.07. The lowest BCUT2D eigenvalue weighted by Crippen LogP contribution is -2.33. The molecule has 88 valence electrons. The number of rotatable bonds is 3. The SMILES string of the molecule is Oc1ccc(Cl)cc1CNC1CCCSC1. The summed E-state index contributed by atoms with van der Waals surface area (Å²) in [6.45, 7) is 0.692. The van der Waals surface area contributed by atoms with Crippen LogP contribution in [0.3, 0.4) is 0 Å². The van der Waals surface area contributed by atoms with Crippen LogP contribution in [0.2, 0.25) is 5.02 Å². The summed E-state index contributed by atoms with van der Waals surface area (Å²) in [6.07, 6.45) is 2.51. The van der Waals surface area contributed by atoms with E-state index in [9.17, 15) is 5.11 Å². The van der Waals surface area contributed by atoms with Gasteiger partial charge in [-0.2, -0.15) is 11.8 Å². The van der Waals surface area contributed by atoms with Crippen LogP contribution in [-0.2, 0) is 6.54 Å². The minimum Gasteiger partial charge on any atom is -0.508 e. The fourth-order valence-electron chi connectivity index (χ4n) is 1.85. The van der Waals surface area contributed by atoms with Crippen molar-refractivity contribution in [1.82, 2.24) is 5.32 Å². The molecule has 1 aromatic rings. The molecule has 1 saturated heterocycles. The van der Waals surface area contributed by atoms with E-state index in [4.69, 9.17) is 11.6 Å². The van der Waals surface area contributed by atoms with E-state index in [1.165, 1.54) is 24.3 Å². The number of thioether (sulfide) groups is 1. The molecule has 1 heterocycles. The molecule has 16 heavy (non-hydrogen) atoms. The Bertz CT molecular complexity index is 353. The van der Waals surface area contributed by atoms with Gasteiger partial charge in [-0.05, 0) is 36.8 Å². The van der Waals surface area contributed by atoms with Crippen molar-refractivity contribution in [3.05, 3.63) is 28.8 Å². The van der Waals surface area contributed by atoms with Crippen molar-refractivity contribution in [2.24, 2.45) is 0 Å². The summed E-state index contributed by atoms with van der Waals surface area (Å²) in [7, 11) is 0. The normalized spacial score (nSPS) is 20.9. The molecular formula is C12H16ClNOS. The lowest BCUT2D eigenvalue weighted by Gasteiger charge is -2.22. The summed E-state index contributed by atoms with van der Waals surface area (Å²) in [5.41, 5.74) is 0.878. The maximum absolute atomic E-state index is 9.66. The van der Waals surface area contributed by atoms with Gasteiger partial charge in [0.05, 0.1) is 0 Å². The largest absolute Gasteiger partial charge is 0.508 e. The van der Waals surface area contributed by atoms with Crippen molar-refractivity contribution in [1.29, 1.82) is 0 Å². The van der Waals surface area contributed by atoms with Gasteiger partial charge in [0.1, 0.15) is 5.75 Å². The van der Waals surface area contributed by atoms with E-state index < -0.39 is 0 Å². The van der Waals surface area contributed by atoms with Crippen LogP contribution in [0.5, 0.6) is 5.75 Å². The molecule has 0 aromatic heterocycles. The van der Waals surface area contributed by atoms with Crippen molar-refractivity contribution in [2.45, 2.75) is 25.4 Å². The quantitative estimate of drug-likeness (QED) is 0.873. The molecule has 0 saturated carbocycles. The Morgan fingerprint density at radius 3 is 3.12 bits per heavy atom. The second kappa shape index (κ2) is 5.80. The van der Waals surface area contributed by atoms with Gasteiger partial charge in [0.15, 0.2) is 0 Å². The van der Waals surface area contributed by atoms with E-state index in [1.807, 2.05) is 17.8 Å². The van der Waals surface area contributed by atoms with Crippen LogP contribution in [-0.4, -0.2) is 22.7 Å². The Morgan fingerprint density at radius 2 is 2.38 bits per heavy atom. The van der Waals surface area contributed by atoms with Crippen LogP contribution >= 0.6 is 23.4 Å². The highest BCUT2D eigenvalue weighted by Gasteiger charge is 2.13. The summed E-state index contributed by atoms with van der Waals surface area (Å²) >= 11 is 7.89. The number of hydrogen-bond donors (Lipinski definition) is 2. The number of phenolic OH excluding ortho intramolecular Hbond substituents is 1. The smallest absolute Gasteiger partial charge is 0.120 e. The molecule has 0 radical (unpaired) electrons. The van der Waals surface area contributed by atoms with Gasteiger partial charge in [-0.15, -0.1) is 0 Å². The Morgan fingerprint density at radius 1 is 1.50 bits per heavy atom. The van der Waals surface area contributed by atoms with Crippen LogP contribution in [0, 0.1) is 0 Å². The van der Waals surface area contributed by atoms with E-state index >= 15 is 0 Å². The van der Waals surface area contributed by atoms with Gasteiger partial charge in [-0.1, -0.05) is 11.6 Å². The van der Waals surface area contributed by atoms with Gasteiger partial charge in [-0.3, -0.25) is 0 Å². The number of phenols is 1. The summed E-state index contributed by atoms with van der Waals surface area (Å²) in [5.74, 6) is 2.77. The first kappa shape index (κ1) is 12.1. The zero-order valence-corrected chi connectivity index (χ0v) is 10.7. The molecule has 1 atom stereocenters. The van der Waals surface area contributed by atoms with E-state index in [1.54, 1.807) is 12.1 Å². The Balaban J connectivity index is 1.90. The maximum Gasteiger partial charge on any atom is 0.120 e. The second-order valence-corrected chi connectivity index (χ2v) is 5.65. The Kier molecular flexibility index (Phi) is 4.38. The van der Waals surface area contributed by atoms with Crippen molar-refractivity contribution in [2.75, 3.05) is 11.5 Å². The molecule has 0 aliphatic carbocycles. The van der Waals surface area contributed by atoms with Crippen LogP contribution in [0.4, 0.5) is 0 Å². The van der Waals surface area contributed by atoms with Crippen LogP contribution in [0.1, 0.15) is 18.4 Å². The molecule has 0 amide bonds. The van der Waals surface area contributed by atoms with Crippen LogP contribution in [0.15, 0.2) is 18.2 Å². The van der Waals surface area contributed by atoms with E-state index in [0.29, 0.717) is 23.4 Å². The van der Waals surface area contributed by atoms with E-state index in [2.05, 4.69) is 5.32 Å². The van der Waals surface area contributed by atoms with Gasteiger partial charge in [0, 0.05) is 28.9 Å². The third-order valence-electron chi connectivity index (χ3n) is 2.78. The molecule has 1 unspecified atom stereocenters. The monoisotopic (exact) mass is 257 g/mol. The van der Waals surface area contributed by atoms with Gasteiger partial charge >= 0.3 is 0 Å². The third-order valence-corrected chi connectivity index (χ3v) is 4.23. The molecule has 1 aliphatic rings. The number of nitrogens with one attached hydrogen (secondary N) is 1. The standard InChI is InChI=1S/C12H16ClNOS/c13-10-3-4-12(15)9(6-10)7-14-11-2-1-5-16-8-11/h3-4,6,11,14-15H,1-2,5,7-8H2. The minimum absolute atomic E-state index is 0.320. The average molecular weight is 258 g/mol. The molecule has 1 aromatic carbocycles. The van der Waals surface area contributed by atoms with Gasteiger partial charge in [-0.25, -0.2) is 0 Å². The van der Waals surface area contributed by atoms with Crippen molar-refractivity contribution >= 4 is 23.4 Å². The Labute approximate surface area is 105 Å². The molecule has 0 spiro atoms. The number of benzene rings is 1. The predicted octanol–water partition coefficient (Wildman–Crippen LogP) is 3.03. The molecule has 2 N–H and O–H groups in total. The first-order valence-electron chi connectivity index (χ1n) is 5.54. The van der Waals surface area contributed by atoms with Gasteiger partial charge in [0.25, 0.3) is 0 Å². The van der Waals surface area contributed by atoms with Crippen molar-refractivity contribution in [3.63, 3.8) is 0 Å². The van der Waals surface area contributed by atoms with Crippen molar-refractivity contribution < 1.29 is 5.11 Å². The molecule has 1 aliphatic heterocycles. The summed E-state index contributed by atoms with van der Waals surface area (Å²) in [5, 5.41) is 13.8. The van der Waals surface area contributed by atoms with E-state index in [-0.39, 0.29) is 0 Å². The summed E-state index contributed by atoms with van der Waals surface area (Å²) in [4.78, 5) is 0. The highest BCUT2D eigenvalue weighted by Crippen LogP contribution is 2.22. The zero-order valence-electron chi connectivity index (χ0n) is 9.08. The molecule has 1 fully saturated rings. The number of hydrogen-bond acceptors (Lipinski definition) is 3. The molecule has 2 nitrogen and oxygen atoms in total. The number of aromatic hydroxyl groups is 1. The summed E-state index contributed by atoms with van der Waals surface area (Å²) < 4.78 is 0. The van der Waals surface area contributed by atoms with E-state index in [0.717, 1.165) is 5.56 Å². The predicted molar refractivity (Wildman–Crippen MR) is 70.3 cm³/mol. The highest BCUT2D eigenvalue weighted by molar-refractivity contribution is 7.99.